The van der Waals surface area contributed by atoms with Crippen molar-refractivity contribution in [2.45, 2.75) is 6.54 Å². The van der Waals surface area contributed by atoms with Crippen molar-refractivity contribution in [3.05, 3.63) is 59.2 Å². The lowest BCUT2D eigenvalue weighted by molar-refractivity contribution is 0.401. The van der Waals surface area contributed by atoms with Gasteiger partial charge in [0.15, 0.2) is 29.0 Å². The van der Waals surface area contributed by atoms with Crippen LogP contribution in [-0.4, -0.2) is 0 Å². The van der Waals surface area contributed by atoms with Gasteiger partial charge in [0, 0.05) is 12.6 Å². The summed E-state index contributed by atoms with van der Waals surface area (Å²) < 4.78 is 57.7. The topological polar surface area (TPSA) is 35.2 Å². The van der Waals surface area contributed by atoms with Crippen LogP contribution in [0.25, 0.3) is 0 Å². The van der Waals surface area contributed by atoms with Crippen LogP contribution in [0.1, 0.15) is 5.56 Å². The lowest BCUT2D eigenvalue weighted by atomic mass is 10.2. The second-order valence-electron chi connectivity index (χ2n) is 3.77. The van der Waals surface area contributed by atoms with Crippen molar-refractivity contribution in [1.29, 1.82) is 0 Å². The second-order valence-corrected chi connectivity index (χ2v) is 3.77. The number of halogens is 4. The lowest BCUT2D eigenvalue weighted by Gasteiger charge is -2.09. The average Bonchev–Trinajstić information content (AvgIpc) is 2.37. The first kappa shape index (κ1) is 13.4. The van der Waals surface area contributed by atoms with Gasteiger partial charge in [-0.25, -0.2) is 17.6 Å². The fraction of sp³-hybridized carbons (Fsp3) is 0.0769. The predicted octanol–water partition coefficient (Wildman–Crippen LogP) is 3.49. The SMILES string of the molecule is NCc1cc(F)c(Oc2ccc(F)c(F)c2)c(F)c1. The Balaban J connectivity index is 2.35. The molecular weight excluding hydrogens is 262 g/mol. The molecule has 0 aromatic heterocycles. The summed E-state index contributed by atoms with van der Waals surface area (Å²) in [6.07, 6.45) is 0. The highest BCUT2D eigenvalue weighted by atomic mass is 19.2. The molecule has 2 nitrogen and oxygen atoms in total. The van der Waals surface area contributed by atoms with Gasteiger partial charge in [-0.15, -0.1) is 0 Å². The Bertz CT molecular complexity index is 593. The van der Waals surface area contributed by atoms with E-state index < -0.39 is 29.0 Å². The van der Waals surface area contributed by atoms with Crippen LogP contribution in [0.3, 0.4) is 0 Å². The minimum atomic E-state index is -1.17. The van der Waals surface area contributed by atoms with E-state index in [4.69, 9.17) is 10.5 Å². The first-order valence-electron chi connectivity index (χ1n) is 5.32. The summed E-state index contributed by atoms with van der Waals surface area (Å²) in [4.78, 5) is 0. The number of nitrogens with two attached hydrogens (primary N) is 1. The molecule has 0 aliphatic rings. The van der Waals surface area contributed by atoms with Crippen molar-refractivity contribution >= 4 is 0 Å². The standard InChI is InChI=1S/C13H9F4NO/c14-9-2-1-8(5-10(9)15)19-13-11(16)3-7(6-18)4-12(13)17/h1-5H,6,18H2. The molecule has 100 valence electrons. The molecule has 0 fully saturated rings. The molecule has 2 aromatic carbocycles. The van der Waals surface area contributed by atoms with Gasteiger partial charge in [0.25, 0.3) is 0 Å². The Morgan fingerprint density at radius 1 is 0.842 bits per heavy atom. The quantitative estimate of drug-likeness (QED) is 0.867. The van der Waals surface area contributed by atoms with Gasteiger partial charge < -0.3 is 10.5 Å². The third-order valence-corrected chi connectivity index (χ3v) is 2.40. The molecule has 2 aromatic rings. The summed E-state index contributed by atoms with van der Waals surface area (Å²) in [6.45, 7) is -0.0285. The maximum absolute atomic E-state index is 13.6. The van der Waals surface area contributed by atoms with Gasteiger partial charge in [0.2, 0.25) is 0 Å². The molecule has 0 aliphatic carbocycles. The zero-order chi connectivity index (χ0) is 14.0. The molecule has 0 heterocycles. The molecule has 6 heteroatoms. The third kappa shape index (κ3) is 2.85. The lowest BCUT2D eigenvalue weighted by Crippen LogP contribution is -2.00. The van der Waals surface area contributed by atoms with Gasteiger partial charge in [-0.3, -0.25) is 0 Å². The van der Waals surface area contributed by atoms with Gasteiger partial charge in [0.05, 0.1) is 0 Å². The first-order chi connectivity index (χ1) is 9.01. The van der Waals surface area contributed by atoms with Gasteiger partial charge in [-0.1, -0.05) is 0 Å². The van der Waals surface area contributed by atoms with Gasteiger partial charge in [0.1, 0.15) is 5.75 Å². The molecule has 0 saturated heterocycles. The van der Waals surface area contributed by atoms with E-state index in [9.17, 15) is 17.6 Å². The maximum Gasteiger partial charge on any atom is 0.198 e. The van der Waals surface area contributed by atoms with Crippen LogP contribution >= 0.6 is 0 Å². The normalized spacial score (nSPS) is 10.6. The van der Waals surface area contributed by atoms with Crippen molar-refractivity contribution in [2.75, 3.05) is 0 Å². The van der Waals surface area contributed by atoms with Crippen molar-refractivity contribution in [1.82, 2.24) is 0 Å². The zero-order valence-electron chi connectivity index (χ0n) is 9.59. The summed E-state index contributed by atoms with van der Waals surface area (Å²) in [5.74, 6) is -5.08. The summed E-state index contributed by atoms with van der Waals surface area (Å²) >= 11 is 0. The zero-order valence-corrected chi connectivity index (χ0v) is 9.59. The number of hydrogen-bond acceptors (Lipinski definition) is 2. The molecule has 0 atom stereocenters. The molecule has 0 amide bonds. The third-order valence-electron chi connectivity index (χ3n) is 2.40. The molecule has 0 aliphatic heterocycles. The number of ether oxygens (including phenoxy) is 1. The Kier molecular flexibility index (Phi) is 3.71. The van der Waals surface area contributed by atoms with Crippen molar-refractivity contribution in [3.63, 3.8) is 0 Å². The second kappa shape index (κ2) is 5.27. The van der Waals surface area contributed by atoms with Crippen molar-refractivity contribution < 1.29 is 22.3 Å². The molecule has 0 unspecified atom stereocenters. The molecule has 2 rings (SSSR count). The summed E-state index contributed by atoms with van der Waals surface area (Å²) in [5, 5.41) is 0. The monoisotopic (exact) mass is 271 g/mol. The largest absolute Gasteiger partial charge is 0.451 e. The molecule has 0 saturated carbocycles. The Morgan fingerprint density at radius 2 is 1.47 bits per heavy atom. The minimum absolute atomic E-state index is 0.0285. The Labute approximate surface area is 106 Å². The Hall–Kier alpha value is -2.08. The highest BCUT2D eigenvalue weighted by molar-refractivity contribution is 5.36. The highest BCUT2D eigenvalue weighted by Crippen LogP contribution is 2.29. The summed E-state index contributed by atoms with van der Waals surface area (Å²) in [7, 11) is 0. The van der Waals surface area contributed by atoms with Crippen molar-refractivity contribution in [3.8, 4) is 11.5 Å². The van der Waals surface area contributed by atoms with Crippen LogP contribution in [0.5, 0.6) is 11.5 Å². The van der Waals surface area contributed by atoms with Gasteiger partial charge in [-0.2, -0.15) is 0 Å². The molecule has 0 bridgehead atoms. The summed E-state index contributed by atoms with van der Waals surface area (Å²) in [6, 6.07) is 4.59. The van der Waals surface area contributed by atoms with E-state index >= 15 is 0 Å². The first-order valence-corrected chi connectivity index (χ1v) is 5.32. The number of hydrogen-bond donors (Lipinski definition) is 1. The minimum Gasteiger partial charge on any atom is -0.451 e. The summed E-state index contributed by atoms with van der Waals surface area (Å²) in [5.41, 5.74) is 5.52. The highest BCUT2D eigenvalue weighted by Gasteiger charge is 2.14. The number of benzene rings is 2. The molecule has 19 heavy (non-hydrogen) atoms. The van der Waals surface area contributed by atoms with Crippen LogP contribution in [0, 0.1) is 23.3 Å². The van der Waals surface area contributed by atoms with E-state index in [1.807, 2.05) is 0 Å². The smallest absolute Gasteiger partial charge is 0.198 e. The number of rotatable bonds is 3. The van der Waals surface area contributed by atoms with E-state index in [0.29, 0.717) is 6.07 Å². The molecule has 0 radical (unpaired) electrons. The van der Waals surface area contributed by atoms with Crippen molar-refractivity contribution in [2.24, 2.45) is 5.73 Å². The van der Waals surface area contributed by atoms with Crippen LogP contribution < -0.4 is 10.5 Å². The van der Waals surface area contributed by atoms with Crippen LogP contribution in [0.4, 0.5) is 17.6 Å². The fourth-order valence-electron chi connectivity index (χ4n) is 1.49. The fourth-order valence-corrected chi connectivity index (χ4v) is 1.49. The van der Waals surface area contributed by atoms with Gasteiger partial charge >= 0.3 is 0 Å². The molecule has 0 spiro atoms. The van der Waals surface area contributed by atoms with E-state index in [0.717, 1.165) is 24.3 Å². The van der Waals surface area contributed by atoms with E-state index in [2.05, 4.69) is 0 Å². The van der Waals surface area contributed by atoms with E-state index in [-0.39, 0.29) is 17.9 Å². The van der Waals surface area contributed by atoms with E-state index in [1.54, 1.807) is 0 Å². The van der Waals surface area contributed by atoms with Crippen LogP contribution in [0.2, 0.25) is 0 Å². The van der Waals surface area contributed by atoms with Crippen LogP contribution in [-0.2, 0) is 6.54 Å². The Morgan fingerprint density at radius 3 is 2.00 bits per heavy atom. The molecule has 2 N–H and O–H groups in total. The molecular formula is C13H9F4NO. The van der Waals surface area contributed by atoms with Gasteiger partial charge in [-0.05, 0) is 29.8 Å². The van der Waals surface area contributed by atoms with E-state index in [1.165, 1.54) is 0 Å². The maximum atomic E-state index is 13.6. The van der Waals surface area contributed by atoms with Crippen LogP contribution in [0.15, 0.2) is 30.3 Å². The predicted molar refractivity (Wildman–Crippen MR) is 60.7 cm³/mol. The average molecular weight is 271 g/mol.